The Hall–Kier alpha value is -1.10. The summed E-state index contributed by atoms with van der Waals surface area (Å²) in [6.07, 6.45) is -0.595. The molecule has 0 aliphatic carbocycles. The molecular weight excluding hydrogens is 230 g/mol. The van der Waals surface area contributed by atoms with Crippen LogP contribution >= 0.6 is 0 Å². The first-order valence-electron chi connectivity index (χ1n) is 6.26. The molecule has 2 unspecified atom stereocenters. The van der Waals surface area contributed by atoms with Gasteiger partial charge in [0.05, 0.1) is 19.8 Å². The summed E-state index contributed by atoms with van der Waals surface area (Å²) in [5.41, 5.74) is 0.847. The lowest BCUT2D eigenvalue weighted by Gasteiger charge is -2.27. The molecule has 0 aliphatic rings. The number of ether oxygens (including phenoxy) is 1. The van der Waals surface area contributed by atoms with Crippen LogP contribution in [0.4, 0.5) is 0 Å². The number of aliphatic hydroxyl groups is 2. The first-order chi connectivity index (χ1) is 8.60. The van der Waals surface area contributed by atoms with E-state index < -0.39 is 6.10 Å². The summed E-state index contributed by atoms with van der Waals surface area (Å²) in [4.78, 5) is 0. The van der Waals surface area contributed by atoms with Crippen molar-refractivity contribution in [1.82, 2.24) is 5.32 Å². The standard InChI is InChI=1S/C14H23NO3/c1-10(2)13(15-8-9-16)14(17)11-4-6-12(18-3)7-5-11/h4-7,10,13-17H,8-9H2,1-3H3. The van der Waals surface area contributed by atoms with Crippen LogP contribution in [0.15, 0.2) is 24.3 Å². The van der Waals surface area contributed by atoms with Crippen molar-refractivity contribution in [3.05, 3.63) is 29.8 Å². The van der Waals surface area contributed by atoms with E-state index in [4.69, 9.17) is 9.84 Å². The highest BCUT2D eigenvalue weighted by atomic mass is 16.5. The maximum atomic E-state index is 10.4. The lowest BCUT2D eigenvalue weighted by molar-refractivity contribution is 0.101. The SMILES string of the molecule is COc1ccc(C(O)C(NCCO)C(C)C)cc1. The van der Waals surface area contributed by atoms with Gasteiger partial charge in [0, 0.05) is 12.6 Å². The minimum absolute atomic E-state index is 0.0680. The zero-order valence-corrected chi connectivity index (χ0v) is 11.3. The molecule has 0 spiro atoms. The molecule has 0 fully saturated rings. The third-order valence-corrected chi connectivity index (χ3v) is 3.01. The smallest absolute Gasteiger partial charge is 0.118 e. The molecule has 18 heavy (non-hydrogen) atoms. The van der Waals surface area contributed by atoms with E-state index in [1.54, 1.807) is 7.11 Å². The van der Waals surface area contributed by atoms with Crippen molar-refractivity contribution < 1.29 is 14.9 Å². The fraction of sp³-hybridized carbons (Fsp3) is 0.571. The van der Waals surface area contributed by atoms with Gasteiger partial charge in [-0.3, -0.25) is 0 Å². The summed E-state index contributed by atoms with van der Waals surface area (Å²) in [7, 11) is 1.62. The van der Waals surface area contributed by atoms with E-state index in [0.717, 1.165) is 11.3 Å². The van der Waals surface area contributed by atoms with Gasteiger partial charge < -0.3 is 20.3 Å². The third-order valence-electron chi connectivity index (χ3n) is 3.01. The van der Waals surface area contributed by atoms with E-state index in [-0.39, 0.29) is 18.6 Å². The molecule has 0 saturated heterocycles. The van der Waals surface area contributed by atoms with Crippen LogP contribution in [0, 0.1) is 5.92 Å². The predicted octanol–water partition coefficient (Wildman–Crippen LogP) is 1.34. The Balaban J connectivity index is 2.77. The summed E-state index contributed by atoms with van der Waals surface area (Å²) >= 11 is 0. The number of benzene rings is 1. The second kappa shape index (κ2) is 7.36. The van der Waals surface area contributed by atoms with Crippen LogP contribution < -0.4 is 10.1 Å². The zero-order valence-electron chi connectivity index (χ0n) is 11.3. The van der Waals surface area contributed by atoms with E-state index in [2.05, 4.69) is 5.32 Å². The maximum Gasteiger partial charge on any atom is 0.118 e. The number of nitrogens with one attached hydrogen (secondary N) is 1. The number of hydrogen-bond acceptors (Lipinski definition) is 4. The molecule has 0 radical (unpaired) electrons. The van der Waals surface area contributed by atoms with Crippen LogP contribution in [0.5, 0.6) is 5.75 Å². The molecule has 4 heteroatoms. The minimum atomic E-state index is -0.595. The Bertz CT molecular complexity index is 337. The lowest BCUT2D eigenvalue weighted by Crippen LogP contribution is -2.40. The molecule has 1 aromatic carbocycles. The van der Waals surface area contributed by atoms with E-state index >= 15 is 0 Å². The van der Waals surface area contributed by atoms with Crippen LogP contribution in [0.1, 0.15) is 25.5 Å². The third kappa shape index (κ3) is 3.98. The molecular formula is C14H23NO3. The van der Waals surface area contributed by atoms with Crippen molar-refractivity contribution in [1.29, 1.82) is 0 Å². The molecule has 4 nitrogen and oxygen atoms in total. The topological polar surface area (TPSA) is 61.7 Å². The van der Waals surface area contributed by atoms with Crippen LogP contribution in [0.3, 0.4) is 0 Å². The van der Waals surface area contributed by atoms with Gasteiger partial charge in [-0.25, -0.2) is 0 Å². The summed E-state index contributed by atoms with van der Waals surface area (Å²) in [6, 6.07) is 7.31. The normalized spacial score (nSPS) is 14.6. The minimum Gasteiger partial charge on any atom is -0.497 e. The summed E-state index contributed by atoms with van der Waals surface area (Å²) in [5, 5.41) is 22.4. The molecule has 1 aromatic rings. The van der Waals surface area contributed by atoms with Crippen molar-refractivity contribution in [3.63, 3.8) is 0 Å². The first-order valence-corrected chi connectivity index (χ1v) is 6.26. The average molecular weight is 253 g/mol. The molecule has 2 atom stereocenters. The molecule has 0 bridgehead atoms. The Morgan fingerprint density at radius 3 is 2.28 bits per heavy atom. The van der Waals surface area contributed by atoms with Gasteiger partial charge in [-0.1, -0.05) is 26.0 Å². The van der Waals surface area contributed by atoms with E-state index in [9.17, 15) is 5.11 Å². The molecule has 0 heterocycles. The Labute approximate surface area is 109 Å². The molecule has 102 valence electrons. The van der Waals surface area contributed by atoms with Crippen LogP contribution in [-0.2, 0) is 0 Å². The Morgan fingerprint density at radius 1 is 1.22 bits per heavy atom. The molecule has 0 aliphatic heterocycles. The largest absolute Gasteiger partial charge is 0.497 e. The molecule has 3 N–H and O–H groups in total. The Kier molecular flexibility index (Phi) is 6.12. The second-order valence-electron chi connectivity index (χ2n) is 4.67. The quantitative estimate of drug-likeness (QED) is 0.686. The lowest BCUT2D eigenvalue weighted by atomic mass is 9.93. The van der Waals surface area contributed by atoms with Crippen molar-refractivity contribution in [2.24, 2.45) is 5.92 Å². The number of hydrogen-bond donors (Lipinski definition) is 3. The fourth-order valence-electron chi connectivity index (χ4n) is 1.95. The van der Waals surface area contributed by atoms with Crippen LogP contribution in [0.2, 0.25) is 0 Å². The van der Waals surface area contributed by atoms with Gasteiger partial charge in [0.15, 0.2) is 0 Å². The van der Waals surface area contributed by atoms with Gasteiger partial charge in [0.25, 0.3) is 0 Å². The second-order valence-corrected chi connectivity index (χ2v) is 4.67. The van der Waals surface area contributed by atoms with E-state index in [1.165, 1.54) is 0 Å². The zero-order chi connectivity index (χ0) is 13.5. The van der Waals surface area contributed by atoms with Crippen LogP contribution in [-0.4, -0.2) is 36.5 Å². The summed E-state index contributed by atoms with van der Waals surface area (Å²) < 4.78 is 5.09. The summed E-state index contributed by atoms with van der Waals surface area (Å²) in [5.74, 6) is 1.05. The monoisotopic (exact) mass is 253 g/mol. The molecule has 0 amide bonds. The van der Waals surface area contributed by atoms with Crippen LogP contribution in [0.25, 0.3) is 0 Å². The molecule has 0 aromatic heterocycles. The van der Waals surface area contributed by atoms with Gasteiger partial charge in [-0.05, 0) is 23.6 Å². The fourth-order valence-corrected chi connectivity index (χ4v) is 1.95. The predicted molar refractivity (Wildman–Crippen MR) is 71.7 cm³/mol. The van der Waals surface area contributed by atoms with Crippen molar-refractivity contribution in [2.45, 2.75) is 26.0 Å². The van der Waals surface area contributed by atoms with Gasteiger partial charge in [0.2, 0.25) is 0 Å². The van der Waals surface area contributed by atoms with Crippen molar-refractivity contribution in [3.8, 4) is 5.75 Å². The van der Waals surface area contributed by atoms with E-state index in [1.807, 2.05) is 38.1 Å². The number of methoxy groups -OCH3 is 1. The molecule has 0 saturated carbocycles. The molecule has 1 rings (SSSR count). The summed E-state index contributed by atoms with van der Waals surface area (Å²) in [6.45, 7) is 4.64. The number of aliphatic hydroxyl groups excluding tert-OH is 2. The maximum absolute atomic E-state index is 10.4. The van der Waals surface area contributed by atoms with Crippen molar-refractivity contribution in [2.75, 3.05) is 20.3 Å². The Morgan fingerprint density at radius 2 is 1.83 bits per heavy atom. The highest BCUT2D eigenvalue weighted by molar-refractivity contribution is 5.29. The highest BCUT2D eigenvalue weighted by Crippen LogP contribution is 2.23. The van der Waals surface area contributed by atoms with Gasteiger partial charge in [-0.15, -0.1) is 0 Å². The van der Waals surface area contributed by atoms with Gasteiger partial charge in [0.1, 0.15) is 5.75 Å². The van der Waals surface area contributed by atoms with Crippen molar-refractivity contribution >= 4 is 0 Å². The average Bonchev–Trinajstić information content (AvgIpc) is 2.38. The van der Waals surface area contributed by atoms with E-state index in [0.29, 0.717) is 6.54 Å². The van der Waals surface area contributed by atoms with Gasteiger partial charge in [-0.2, -0.15) is 0 Å². The number of rotatable bonds is 7. The first kappa shape index (κ1) is 15.0. The van der Waals surface area contributed by atoms with Gasteiger partial charge >= 0.3 is 0 Å². The highest BCUT2D eigenvalue weighted by Gasteiger charge is 2.23.